The van der Waals surface area contributed by atoms with Crippen LogP contribution in [0.15, 0.2) is 32.0 Å². The van der Waals surface area contributed by atoms with Gasteiger partial charge in [0.2, 0.25) is 10.9 Å². The fraction of sp³-hybridized carbons (Fsp3) is 0.250. The highest BCUT2D eigenvalue weighted by Gasteiger charge is 2.19. The monoisotopic (exact) mass is 472 g/mol. The highest BCUT2D eigenvalue weighted by atomic mass is 79.9. The third-order valence-corrected chi connectivity index (χ3v) is 4.93. The van der Waals surface area contributed by atoms with Crippen molar-refractivity contribution < 1.29 is 23.1 Å². The minimum absolute atomic E-state index is 0.0639. The summed E-state index contributed by atoms with van der Waals surface area (Å²) in [7, 11) is 3.17. The first-order chi connectivity index (χ1) is 13.4. The van der Waals surface area contributed by atoms with E-state index in [1.165, 1.54) is 19.2 Å². The summed E-state index contributed by atoms with van der Waals surface area (Å²) in [5, 5.41) is 10.6. The summed E-state index contributed by atoms with van der Waals surface area (Å²) < 4.78 is 30.7. The molecule has 3 rings (SSSR count). The molecule has 12 heteroatoms. The van der Waals surface area contributed by atoms with E-state index in [9.17, 15) is 14.0 Å². The van der Waals surface area contributed by atoms with Gasteiger partial charge in [-0.15, -0.1) is 10.2 Å². The van der Waals surface area contributed by atoms with Crippen molar-refractivity contribution in [2.75, 3.05) is 25.6 Å². The number of aryl methyl sites for hydroxylation is 1. The van der Waals surface area contributed by atoms with Crippen LogP contribution in [0.3, 0.4) is 0 Å². The fourth-order valence-electron chi connectivity index (χ4n) is 2.20. The van der Waals surface area contributed by atoms with Gasteiger partial charge in [-0.1, -0.05) is 11.3 Å². The molecule has 0 aromatic carbocycles. The summed E-state index contributed by atoms with van der Waals surface area (Å²) >= 11 is 4.16. The average molecular weight is 473 g/mol. The van der Waals surface area contributed by atoms with Gasteiger partial charge < -0.3 is 18.5 Å². The number of rotatable bonds is 7. The minimum Gasteiger partial charge on any atom is -0.483 e. The Bertz CT molecular complexity index is 1040. The van der Waals surface area contributed by atoms with Gasteiger partial charge in [0, 0.05) is 26.4 Å². The van der Waals surface area contributed by atoms with Crippen molar-refractivity contribution in [3.05, 3.63) is 44.8 Å². The number of nitrogens with zero attached hydrogens (tertiary/aromatic N) is 3. The number of aromatic nitrogens is 3. The van der Waals surface area contributed by atoms with Crippen LogP contribution in [0.2, 0.25) is 0 Å². The number of carbonyl (C=O) groups is 1. The average Bonchev–Trinajstić information content (AvgIpc) is 3.23. The number of nitrogens with one attached hydrogen (secondary N) is 1. The number of halogens is 2. The van der Waals surface area contributed by atoms with E-state index in [4.69, 9.17) is 13.9 Å². The van der Waals surface area contributed by atoms with Crippen molar-refractivity contribution in [1.82, 2.24) is 14.8 Å². The van der Waals surface area contributed by atoms with Crippen LogP contribution >= 0.6 is 27.3 Å². The molecule has 1 amide bonds. The number of ether oxygens (including phenoxy) is 2. The topological polar surface area (TPSA) is 108 Å². The zero-order chi connectivity index (χ0) is 20.3. The number of hydrogen-bond donors (Lipinski definition) is 1. The zero-order valence-corrected chi connectivity index (χ0v) is 17.1. The number of anilines is 1. The minimum atomic E-state index is -0.820. The van der Waals surface area contributed by atoms with Gasteiger partial charge >= 0.3 is 5.63 Å². The van der Waals surface area contributed by atoms with Crippen molar-refractivity contribution in [1.29, 1.82) is 0 Å². The van der Waals surface area contributed by atoms with Crippen molar-refractivity contribution in [2.45, 2.75) is 0 Å². The quantitative estimate of drug-likeness (QED) is 0.526. The van der Waals surface area contributed by atoms with E-state index in [1.807, 2.05) is 0 Å². The molecule has 0 saturated heterocycles. The second kappa shape index (κ2) is 8.63. The molecule has 28 heavy (non-hydrogen) atoms. The van der Waals surface area contributed by atoms with Gasteiger partial charge in [0.15, 0.2) is 16.6 Å². The maximum atomic E-state index is 13.8. The molecule has 9 nitrogen and oxygen atoms in total. The molecule has 0 atom stereocenters. The Morgan fingerprint density at radius 3 is 2.86 bits per heavy atom. The molecular formula is C16H14BrFN4O5S. The first kappa shape index (κ1) is 20.2. The van der Waals surface area contributed by atoms with E-state index >= 15 is 0 Å². The van der Waals surface area contributed by atoms with Gasteiger partial charge in [-0.25, -0.2) is 9.18 Å². The number of carbonyl (C=O) groups excluding carboxylic acids is 1. The predicted octanol–water partition coefficient (Wildman–Crippen LogP) is 2.68. The first-order valence-corrected chi connectivity index (χ1v) is 9.43. The molecule has 148 valence electrons. The zero-order valence-electron chi connectivity index (χ0n) is 14.7. The fourth-order valence-corrected chi connectivity index (χ4v) is 3.51. The van der Waals surface area contributed by atoms with Crippen LogP contribution in [-0.4, -0.2) is 41.0 Å². The van der Waals surface area contributed by atoms with Crippen LogP contribution in [0.4, 0.5) is 9.52 Å². The second-order valence-corrected chi connectivity index (χ2v) is 7.24. The Hall–Kier alpha value is -2.57. The van der Waals surface area contributed by atoms with Crippen LogP contribution in [0.25, 0.3) is 10.7 Å². The van der Waals surface area contributed by atoms with Gasteiger partial charge in [-0.05, 0) is 22.0 Å². The molecule has 0 spiro atoms. The number of methoxy groups -OCH3 is 1. The Labute approximate surface area is 170 Å². The molecule has 3 aromatic rings. The number of hydrogen-bond acceptors (Lipinski definition) is 8. The molecule has 1 N–H and O–H groups in total. The standard InChI is InChI=1S/C16H14BrFN4O5S/c1-22-4-3-9(18)11(22)14-20-21-16(28-14)19-13(23)10-7-8(17)12(15(24)27-10)26-6-5-25-2/h3-4,7H,5-6H2,1-2H3,(H,19,21,23). The predicted molar refractivity (Wildman–Crippen MR) is 102 cm³/mol. The Morgan fingerprint density at radius 1 is 1.43 bits per heavy atom. The van der Waals surface area contributed by atoms with Crippen molar-refractivity contribution in [3.8, 4) is 16.5 Å². The third-order valence-electron chi connectivity index (χ3n) is 3.49. The molecule has 0 aliphatic rings. The summed E-state index contributed by atoms with van der Waals surface area (Å²) in [5.74, 6) is -1.48. The normalized spacial score (nSPS) is 10.9. The molecule has 3 heterocycles. The Balaban J connectivity index is 1.76. The van der Waals surface area contributed by atoms with Crippen LogP contribution < -0.4 is 15.7 Å². The van der Waals surface area contributed by atoms with Crippen molar-refractivity contribution in [3.63, 3.8) is 0 Å². The lowest BCUT2D eigenvalue weighted by Crippen LogP contribution is -2.17. The van der Waals surface area contributed by atoms with Crippen LogP contribution in [0.1, 0.15) is 10.6 Å². The maximum Gasteiger partial charge on any atom is 0.380 e. The lowest BCUT2D eigenvalue weighted by molar-refractivity contribution is 0.0989. The van der Waals surface area contributed by atoms with Gasteiger partial charge in [0.25, 0.3) is 5.91 Å². The number of amides is 1. The van der Waals surface area contributed by atoms with Crippen LogP contribution in [0.5, 0.6) is 5.75 Å². The maximum absolute atomic E-state index is 13.8. The van der Waals surface area contributed by atoms with Crippen LogP contribution in [-0.2, 0) is 11.8 Å². The SMILES string of the molecule is COCCOc1c(Br)cc(C(=O)Nc2nnc(-c3c(F)ccn3C)s2)oc1=O. The smallest absolute Gasteiger partial charge is 0.380 e. The highest BCUT2D eigenvalue weighted by molar-refractivity contribution is 9.10. The van der Waals surface area contributed by atoms with Crippen molar-refractivity contribution >= 4 is 38.3 Å². The first-order valence-electron chi connectivity index (χ1n) is 7.82. The summed E-state index contributed by atoms with van der Waals surface area (Å²) in [6, 6.07) is 2.61. The molecule has 0 radical (unpaired) electrons. The molecular weight excluding hydrogens is 459 g/mol. The summed E-state index contributed by atoms with van der Waals surface area (Å²) in [5.41, 5.74) is -0.565. The molecule has 3 aromatic heterocycles. The summed E-state index contributed by atoms with van der Waals surface area (Å²) in [6.45, 7) is 0.434. The van der Waals surface area contributed by atoms with E-state index < -0.39 is 17.3 Å². The lowest BCUT2D eigenvalue weighted by Gasteiger charge is -2.07. The summed E-state index contributed by atoms with van der Waals surface area (Å²) in [6.07, 6.45) is 1.55. The van der Waals surface area contributed by atoms with E-state index in [-0.39, 0.29) is 40.0 Å². The van der Waals surface area contributed by atoms with E-state index in [0.717, 1.165) is 11.3 Å². The Morgan fingerprint density at radius 2 is 2.21 bits per heavy atom. The summed E-state index contributed by atoms with van der Waals surface area (Å²) in [4.78, 5) is 24.4. The molecule has 0 saturated carbocycles. The lowest BCUT2D eigenvalue weighted by atomic mass is 10.3. The Kier molecular flexibility index (Phi) is 6.21. The van der Waals surface area contributed by atoms with Gasteiger partial charge in [0.1, 0.15) is 12.3 Å². The van der Waals surface area contributed by atoms with Crippen molar-refractivity contribution in [2.24, 2.45) is 7.05 Å². The van der Waals surface area contributed by atoms with Crippen LogP contribution in [0, 0.1) is 5.82 Å². The molecule has 0 unspecified atom stereocenters. The van der Waals surface area contributed by atoms with E-state index in [2.05, 4.69) is 31.4 Å². The molecule has 0 aliphatic heterocycles. The molecule has 0 bridgehead atoms. The molecule has 0 aliphatic carbocycles. The highest BCUT2D eigenvalue weighted by Crippen LogP contribution is 2.29. The van der Waals surface area contributed by atoms with Gasteiger partial charge in [-0.3, -0.25) is 10.1 Å². The second-order valence-electron chi connectivity index (χ2n) is 5.41. The largest absolute Gasteiger partial charge is 0.483 e. The molecule has 0 fully saturated rings. The van der Waals surface area contributed by atoms with E-state index in [1.54, 1.807) is 17.8 Å². The van der Waals surface area contributed by atoms with Gasteiger partial charge in [0.05, 0.1) is 11.1 Å². The van der Waals surface area contributed by atoms with Gasteiger partial charge in [-0.2, -0.15) is 0 Å². The third kappa shape index (κ3) is 4.29. The van der Waals surface area contributed by atoms with E-state index in [0.29, 0.717) is 5.01 Å².